The molecule has 4 aliphatic rings. The third kappa shape index (κ3) is 8.67. The summed E-state index contributed by atoms with van der Waals surface area (Å²) in [5.41, 5.74) is 1.48. The molecule has 0 aliphatic carbocycles. The number of rotatable bonds is 8. The lowest BCUT2D eigenvalue weighted by atomic mass is 10.1. The molecule has 16 heteroatoms. The maximum atomic E-state index is 13.1. The van der Waals surface area contributed by atoms with Crippen LogP contribution in [0.15, 0.2) is 58.1 Å². The summed E-state index contributed by atoms with van der Waals surface area (Å²) in [6, 6.07) is 13.9. The smallest absolute Gasteiger partial charge is 0.315 e. The average Bonchev–Trinajstić information content (AvgIpc) is 3.20. The van der Waals surface area contributed by atoms with E-state index in [9.17, 15) is 33.8 Å². The Labute approximate surface area is 323 Å². The van der Waals surface area contributed by atoms with Crippen LogP contribution in [0, 0.1) is 12.7 Å². The lowest BCUT2D eigenvalue weighted by Gasteiger charge is -2.33. The highest BCUT2D eigenvalue weighted by Crippen LogP contribution is 2.25. The molecule has 0 radical (unpaired) electrons. The van der Waals surface area contributed by atoms with E-state index < -0.39 is 28.5 Å². The van der Waals surface area contributed by atoms with Crippen LogP contribution < -0.4 is 11.1 Å². The summed E-state index contributed by atoms with van der Waals surface area (Å²) in [6.07, 6.45) is 3.50. The number of aromatic hydroxyl groups is 2. The van der Waals surface area contributed by atoms with Gasteiger partial charge < -0.3 is 33.9 Å². The second kappa shape index (κ2) is 17.1. The van der Waals surface area contributed by atoms with Crippen LogP contribution in [0.4, 0.5) is 4.39 Å². The van der Waals surface area contributed by atoms with Crippen LogP contribution in [-0.2, 0) is 44.0 Å². The molecule has 4 aliphatic heterocycles. The van der Waals surface area contributed by atoms with Crippen LogP contribution >= 0.6 is 0 Å². The molecule has 6 heterocycles. The largest absolute Gasteiger partial charge is 0.501 e. The van der Waals surface area contributed by atoms with Crippen LogP contribution in [0.1, 0.15) is 68.6 Å². The Morgan fingerprint density at radius 1 is 0.589 bits per heavy atom. The zero-order chi connectivity index (χ0) is 39.3. The monoisotopic (exact) mass is 770 g/mol. The summed E-state index contributed by atoms with van der Waals surface area (Å²) in [4.78, 5) is 66.1. The van der Waals surface area contributed by atoms with Gasteiger partial charge in [-0.2, -0.15) is 9.97 Å². The third-order valence-electron chi connectivity index (χ3n) is 10.7. The summed E-state index contributed by atoms with van der Waals surface area (Å²) in [5, 5.41) is 20.5. The molecule has 56 heavy (non-hydrogen) atoms. The molecule has 2 fully saturated rings. The third-order valence-corrected chi connectivity index (χ3v) is 10.7. The van der Waals surface area contributed by atoms with Gasteiger partial charge in [0, 0.05) is 52.4 Å². The van der Waals surface area contributed by atoms with Gasteiger partial charge in [-0.05, 0) is 56.1 Å². The number of nitrogens with zero attached hydrogens (tertiary/aromatic N) is 8. The number of piperidine rings is 1. The van der Waals surface area contributed by atoms with Crippen molar-refractivity contribution in [3.05, 3.63) is 115 Å². The number of carbonyl (C=O) groups is 2. The van der Waals surface area contributed by atoms with Crippen molar-refractivity contribution in [2.45, 2.75) is 65.5 Å². The number of carbonyl (C=O) groups excluding carboxylic acids is 2. The van der Waals surface area contributed by atoms with Gasteiger partial charge in [0.2, 0.25) is 11.5 Å². The van der Waals surface area contributed by atoms with Crippen molar-refractivity contribution in [3.8, 4) is 11.5 Å². The Morgan fingerprint density at radius 3 is 1.52 bits per heavy atom. The summed E-state index contributed by atoms with van der Waals surface area (Å²) in [5.74, 6) is -1.22. The molecule has 0 spiro atoms. The molecule has 0 atom stereocenters. The standard InChI is InChI=1S/C21H26N4O3.C19H21FN4O4/c1-15-5-7-16(8-6-15)13-24-11-12-25-17(14-23-9-3-2-4-10-23)22-20(27)19(26)18(25)21(24)28;20-14-3-1-13(2-4-14)11-23-5-6-24-15(12-22-7-9-28-10-8-22)21-18(26)17(25)16(24)19(23)27/h5-8,26H,2-4,9-14H2,1H3;1-4,25H,5-12H2. The molecule has 0 saturated carbocycles. The molecule has 296 valence electrons. The summed E-state index contributed by atoms with van der Waals surface area (Å²) >= 11 is 0. The number of amides is 2. The molecule has 2 amide bonds. The first-order chi connectivity index (χ1) is 27.0. The molecule has 2 aromatic heterocycles. The van der Waals surface area contributed by atoms with E-state index in [0.717, 1.165) is 55.7 Å². The molecular weight excluding hydrogens is 723 g/mol. The Balaban J connectivity index is 0.000000172. The van der Waals surface area contributed by atoms with Crippen LogP contribution in [0.25, 0.3) is 0 Å². The molecule has 2 N–H and O–H groups in total. The predicted octanol–water partition coefficient (Wildman–Crippen LogP) is 2.48. The molecule has 0 bridgehead atoms. The van der Waals surface area contributed by atoms with Gasteiger partial charge in [0.05, 0.1) is 26.3 Å². The molecule has 0 unspecified atom stereocenters. The first kappa shape index (κ1) is 38.8. The molecule has 2 aromatic carbocycles. The molecule has 15 nitrogen and oxygen atoms in total. The van der Waals surface area contributed by atoms with Gasteiger partial charge in [-0.1, -0.05) is 48.4 Å². The van der Waals surface area contributed by atoms with E-state index in [4.69, 9.17) is 4.74 Å². The number of fused-ring (bicyclic) bond motifs is 2. The molecule has 4 aromatic rings. The van der Waals surface area contributed by atoms with Crippen LogP contribution in [0.2, 0.25) is 0 Å². The number of ether oxygens (including phenoxy) is 1. The van der Waals surface area contributed by atoms with Gasteiger partial charge in [0.25, 0.3) is 11.8 Å². The maximum absolute atomic E-state index is 13.1. The molecular formula is C40H47FN8O7. The van der Waals surface area contributed by atoms with E-state index in [-0.39, 0.29) is 29.7 Å². The maximum Gasteiger partial charge on any atom is 0.315 e. The summed E-state index contributed by atoms with van der Waals surface area (Å²) < 4.78 is 21.8. The summed E-state index contributed by atoms with van der Waals surface area (Å²) in [6.45, 7) is 10.2. The van der Waals surface area contributed by atoms with Gasteiger partial charge >= 0.3 is 11.1 Å². The number of hydrogen-bond donors (Lipinski definition) is 2. The van der Waals surface area contributed by atoms with Crippen molar-refractivity contribution < 1.29 is 28.9 Å². The van der Waals surface area contributed by atoms with Crippen molar-refractivity contribution in [2.24, 2.45) is 0 Å². The van der Waals surface area contributed by atoms with Crippen LogP contribution in [0.3, 0.4) is 0 Å². The molecule has 8 rings (SSSR count). The SMILES string of the molecule is Cc1ccc(CN2CCn3c(CN4CCCCC4)nc(=O)c(O)c3C2=O)cc1.O=C1c2c(O)c(=O)nc(CN3CCOCC3)n2CCN1Cc1ccc(F)cc1. The number of benzene rings is 2. The van der Waals surface area contributed by atoms with Crippen molar-refractivity contribution in [3.63, 3.8) is 0 Å². The van der Waals surface area contributed by atoms with Crippen LogP contribution in [0.5, 0.6) is 11.5 Å². The van der Waals surface area contributed by atoms with Crippen LogP contribution in [-0.4, -0.2) is 113 Å². The van der Waals surface area contributed by atoms with E-state index in [2.05, 4.69) is 19.8 Å². The second-order valence-corrected chi connectivity index (χ2v) is 14.7. The number of aromatic nitrogens is 4. The van der Waals surface area contributed by atoms with E-state index in [0.29, 0.717) is 70.7 Å². The van der Waals surface area contributed by atoms with Gasteiger partial charge in [0.15, 0.2) is 11.4 Å². The fourth-order valence-electron chi connectivity index (χ4n) is 7.58. The average molecular weight is 771 g/mol. The first-order valence-electron chi connectivity index (χ1n) is 19.1. The molecule has 2 saturated heterocycles. The Kier molecular flexibility index (Phi) is 11.9. The Hall–Kier alpha value is -5.45. The van der Waals surface area contributed by atoms with Crippen molar-refractivity contribution in [2.75, 3.05) is 52.5 Å². The van der Waals surface area contributed by atoms with Gasteiger partial charge in [-0.15, -0.1) is 0 Å². The zero-order valence-corrected chi connectivity index (χ0v) is 31.5. The predicted molar refractivity (Wildman–Crippen MR) is 203 cm³/mol. The van der Waals surface area contributed by atoms with Gasteiger partial charge in [-0.25, -0.2) is 4.39 Å². The lowest BCUT2D eigenvalue weighted by Crippen LogP contribution is -2.44. The minimum atomic E-state index is -0.800. The Morgan fingerprint density at radius 2 is 1.04 bits per heavy atom. The fourth-order valence-corrected chi connectivity index (χ4v) is 7.58. The van der Waals surface area contributed by atoms with Crippen molar-refractivity contribution in [1.29, 1.82) is 0 Å². The number of aryl methyl sites for hydroxylation is 1. The summed E-state index contributed by atoms with van der Waals surface area (Å²) in [7, 11) is 0. The minimum Gasteiger partial charge on any atom is -0.501 e. The number of halogens is 1. The first-order valence-corrected chi connectivity index (χ1v) is 19.1. The fraction of sp³-hybridized carbons (Fsp3) is 0.450. The number of likely N-dealkylation sites (tertiary alicyclic amines) is 1. The normalized spacial score (nSPS) is 17.6. The topological polar surface area (TPSA) is 167 Å². The number of morpholine rings is 1. The highest BCUT2D eigenvalue weighted by Gasteiger charge is 2.33. The Bertz CT molecular complexity index is 2020. The second-order valence-electron chi connectivity index (χ2n) is 14.7. The van der Waals surface area contributed by atoms with E-state index >= 15 is 0 Å². The van der Waals surface area contributed by atoms with E-state index in [1.807, 2.05) is 31.2 Å². The van der Waals surface area contributed by atoms with E-state index in [1.165, 1.54) is 18.6 Å². The van der Waals surface area contributed by atoms with Crippen molar-refractivity contribution in [1.82, 2.24) is 38.7 Å². The highest BCUT2D eigenvalue weighted by molar-refractivity contribution is 5.96. The van der Waals surface area contributed by atoms with Gasteiger partial charge in [-0.3, -0.25) is 29.0 Å². The lowest BCUT2D eigenvalue weighted by molar-refractivity contribution is 0.0318. The van der Waals surface area contributed by atoms with E-state index in [1.54, 1.807) is 31.1 Å². The highest BCUT2D eigenvalue weighted by atomic mass is 19.1. The van der Waals surface area contributed by atoms with Crippen molar-refractivity contribution >= 4 is 11.8 Å². The minimum absolute atomic E-state index is 0.0309. The van der Waals surface area contributed by atoms with Gasteiger partial charge in [0.1, 0.15) is 17.5 Å². The quantitative estimate of drug-likeness (QED) is 0.270. The number of hydrogen-bond acceptors (Lipinski definition) is 11. The zero-order valence-electron chi connectivity index (χ0n) is 31.5.